The predicted octanol–water partition coefficient (Wildman–Crippen LogP) is 3.21. The number of benzene rings is 1. The molecule has 0 aliphatic rings. The first-order valence-electron chi connectivity index (χ1n) is 7.07. The van der Waals surface area contributed by atoms with Gasteiger partial charge < -0.3 is 19.9 Å². The first kappa shape index (κ1) is 15.4. The van der Waals surface area contributed by atoms with Gasteiger partial charge in [0.1, 0.15) is 0 Å². The summed E-state index contributed by atoms with van der Waals surface area (Å²) in [6.45, 7) is 7.24. The lowest BCUT2D eigenvalue weighted by atomic mass is 10.1. The largest absolute Gasteiger partial charge is 0.383 e. The molecule has 0 fully saturated rings. The van der Waals surface area contributed by atoms with Gasteiger partial charge in [-0.3, -0.25) is 0 Å². The molecule has 1 aromatic heterocycles. The van der Waals surface area contributed by atoms with E-state index in [2.05, 4.69) is 15.2 Å². The second-order valence-electron chi connectivity index (χ2n) is 6.08. The molecule has 0 unspecified atom stereocenters. The van der Waals surface area contributed by atoms with E-state index in [4.69, 9.17) is 4.74 Å². The molecule has 2 rings (SSSR count). The van der Waals surface area contributed by atoms with Crippen LogP contribution in [0.2, 0.25) is 0 Å². The molecule has 0 spiro atoms. The number of hydrogen-bond donors (Lipinski definition) is 2. The van der Waals surface area contributed by atoms with Gasteiger partial charge >= 0.3 is 6.03 Å². The normalized spacial score (nSPS) is 11.6. The minimum absolute atomic E-state index is 0.197. The number of urea groups is 1. The van der Waals surface area contributed by atoms with Gasteiger partial charge in [0, 0.05) is 30.8 Å². The Morgan fingerprint density at radius 3 is 2.67 bits per heavy atom. The lowest BCUT2D eigenvalue weighted by Gasteiger charge is -2.20. The molecule has 0 aliphatic carbocycles. The Balaban J connectivity index is 2.25. The summed E-state index contributed by atoms with van der Waals surface area (Å²) in [6.07, 6.45) is 1.95. The molecule has 2 aromatic rings. The van der Waals surface area contributed by atoms with E-state index in [1.165, 1.54) is 0 Å². The number of aromatic nitrogens is 1. The predicted molar refractivity (Wildman–Crippen MR) is 85.7 cm³/mol. The first-order valence-corrected chi connectivity index (χ1v) is 7.07. The van der Waals surface area contributed by atoms with Gasteiger partial charge in [-0.2, -0.15) is 0 Å². The lowest BCUT2D eigenvalue weighted by molar-refractivity contribution is 0.188. The van der Waals surface area contributed by atoms with Crippen molar-refractivity contribution in [3.8, 4) is 0 Å². The van der Waals surface area contributed by atoms with Crippen LogP contribution in [0, 0.1) is 0 Å². The van der Waals surface area contributed by atoms with Crippen molar-refractivity contribution in [1.82, 2.24) is 9.88 Å². The maximum Gasteiger partial charge on any atom is 0.319 e. The number of fused-ring (bicyclic) bond motifs is 1. The molecule has 5 nitrogen and oxygen atoms in total. The highest BCUT2D eigenvalue weighted by atomic mass is 16.5. The van der Waals surface area contributed by atoms with Crippen LogP contribution in [0.5, 0.6) is 0 Å². The third-order valence-corrected chi connectivity index (χ3v) is 3.06. The summed E-state index contributed by atoms with van der Waals surface area (Å²) >= 11 is 0. The van der Waals surface area contributed by atoms with Crippen LogP contribution in [0.25, 0.3) is 10.9 Å². The SMILES string of the molecule is COCCn1cc(NC(=O)NC(C)(C)C)c2ccccc21. The molecular weight excluding hydrogens is 266 g/mol. The van der Waals surface area contributed by atoms with Crippen molar-refractivity contribution in [2.45, 2.75) is 32.9 Å². The fraction of sp³-hybridized carbons (Fsp3) is 0.438. The summed E-state index contributed by atoms with van der Waals surface area (Å²) in [7, 11) is 1.68. The van der Waals surface area contributed by atoms with Crippen LogP contribution in [0.3, 0.4) is 0 Å². The van der Waals surface area contributed by atoms with E-state index in [1.54, 1.807) is 7.11 Å². The number of nitrogens with zero attached hydrogens (tertiary/aromatic N) is 1. The van der Waals surface area contributed by atoms with Gasteiger partial charge in [-0.25, -0.2) is 4.79 Å². The number of amides is 2. The van der Waals surface area contributed by atoms with E-state index in [9.17, 15) is 4.79 Å². The third-order valence-electron chi connectivity index (χ3n) is 3.06. The highest BCUT2D eigenvalue weighted by Gasteiger charge is 2.15. The molecule has 0 radical (unpaired) electrons. The molecule has 21 heavy (non-hydrogen) atoms. The zero-order chi connectivity index (χ0) is 15.5. The number of hydrogen-bond acceptors (Lipinski definition) is 2. The van der Waals surface area contributed by atoms with Gasteiger partial charge in [0.25, 0.3) is 0 Å². The molecule has 5 heteroatoms. The Hall–Kier alpha value is -2.01. The van der Waals surface area contributed by atoms with Gasteiger partial charge in [0.2, 0.25) is 0 Å². The standard InChI is InChI=1S/C16H23N3O2/c1-16(2,3)18-15(20)17-13-11-19(9-10-21-4)14-8-6-5-7-12(13)14/h5-8,11H,9-10H2,1-4H3,(H2,17,18,20). The van der Waals surface area contributed by atoms with E-state index in [-0.39, 0.29) is 11.6 Å². The average Bonchev–Trinajstić information content (AvgIpc) is 2.73. The van der Waals surface area contributed by atoms with Crippen molar-refractivity contribution in [1.29, 1.82) is 0 Å². The Bertz CT molecular complexity index is 626. The van der Waals surface area contributed by atoms with Crippen LogP contribution in [-0.2, 0) is 11.3 Å². The fourth-order valence-corrected chi connectivity index (χ4v) is 2.22. The number of rotatable bonds is 4. The molecule has 0 bridgehead atoms. The summed E-state index contributed by atoms with van der Waals surface area (Å²) in [6, 6.07) is 7.81. The molecule has 2 N–H and O–H groups in total. The highest BCUT2D eigenvalue weighted by molar-refractivity contribution is 6.01. The number of carbonyl (C=O) groups excluding carboxylic acids is 1. The smallest absolute Gasteiger partial charge is 0.319 e. The Morgan fingerprint density at radius 2 is 2.00 bits per heavy atom. The van der Waals surface area contributed by atoms with Crippen LogP contribution in [-0.4, -0.2) is 29.9 Å². The third kappa shape index (κ3) is 3.98. The van der Waals surface area contributed by atoms with Gasteiger partial charge in [-0.15, -0.1) is 0 Å². The zero-order valence-electron chi connectivity index (χ0n) is 13.1. The summed E-state index contributed by atoms with van der Waals surface area (Å²) in [5, 5.41) is 6.85. The summed E-state index contributed by atoms with van der Waals surface area (Å²) < 4.78 is 7.22. The average molecular weight is 289 g/mol. The first-order chi connectivity index (χ1) is 9.90. The van der Waals surface area contributed by atoms with Crippen molar-refractivity contribution in [3.63, 3.8) is 0 Å². The molecule has 0 saturated carbocycles. The Morgan fingerprint density at radius 1 is 1.29 bits per heavy atom. The second kappa shape index (κ2) is 6.18. The van der Waals surface area contributed by atoms with Gasteiger partial charge in [-0.1, -0.05) is 18.2 Å². The van der Waals surface area contributed by atoms with Crippen LogP contribution >= 0.6 is 0 Å². The molecule has 1 heterocycles. The fourth-order valence-electron chi connectivity index (χ4n) is 2.22. The maximum atomic E-state index is 12.0. The van der Waals surface area contributed by atoms with E-state index < -0.39 is 0 Å². The Kier molecular flexibility index (Phi) is 4.53. The minimum Gasteiger partial charge on any atom is -0.383 e. The monoisotopic (exact) mass is 289 g/mol. The van der Waals surface area contributed by atoms with Gasteiger partial charge in [0.15, 0.2) is 0 Å². The van der Waals surface area contributed by atoms with E-state index in [1.807, 2.05) is 51.2 Å². The zero-order valence-corrected chi connectivity index (χ0v) is 13.1. The summed E-state index contributed by atoms with van der Waals surface area (Å²) in [5.74, 6) is 0. The molecule has 2 amide bonds. The topological polar surface area (TPSA) is 55.3 Å². The number of para-hydroxylation sites is 1. The lowest BCUT2D eigenvalue weighted by Crippen LogP contribution is -2.43. The summed E-state index contributed by atoms with van der Waals surface area (Å²) in [4.78, 5) is 12.0. The molecular formula is C16H23N3O2. The van der Waals surface area contributed by atoms with Crippen LogP contribution in [0.4, 0.5) is 10.5 Å². The molecule has 0 saturated heterocycles. The van der Waals surface area contributed by atoms with Crippen LogP contribution < -0.4 is 10.6 Å². The quantitative estimate of drug-likeness (QED) is 0.908. The van der Waals surface area contributed by atoms with Crippen molar-refractivity contribution < 1.29 is 9.53 Å². The maximum absolute atomic E-state index is 12.0. The van der Waals surface area contributed by atoms with Crippen molar-refractivity contribution in [2.24, 2.45) is 0 Å². The molecule has 0 aliphatic heterocycles. The Labute approximate surface area is 125 Å². The van der Waals surface area contributed by atoms with Crippen LogP contribution in [0.15, 0.2) is 30.5 Å². The summed E-state index contributed by atoms with van der Waals surface area (Å²) in [5.41, 5.74) is 1.63. The van der Waals surface area contributed by atoms with Crippen LogP contribution in [0.1, 0.15) is 20.8 Å². The van der Waals surface area contributed by atoms with Gasteiger partial charge in [0.05, 0.1) is 17.8 Å². The minimum atomic E-state index is -0.265. The molecule has 114 valence electrons. The van der Waals surface area contributed by atoms with Crippen molar-refractivity contribution in [3.05, 3.63) is 30.5 Å². The number of nitrogens with one attached hydrogen (secondary N) is 2. The number of methoxy groups -OCH3 is 1. The van der Waals surface area contributed by atoms with Gasteiger partial charge in [-0.05, 0) is 26.8 Å². The van der Waals surface area contributed by atoms with E-state index in [0.717, 1.165) is 23.1 Å². The number of carbonyl (C=O) groups is 1. The second-order valence-corrected chi connectivity index (χ2v) is 6.08. The molecule has 0 atom stereocenters. The van der Waals surface area contributed by atoms with E-state index in [0.29, 0.717) is 6.61 Å². The number of anilines is 1. The van der Waals surface area contributed by atoms with Crippen molar-refractivity contribution >= 4 is 22.6 Å². The molecule has 1 aromatic carbocycles. The van der Waals surface area contributed by atoms with Crippen molar-refractivity contribution in [2.75, 3.05) is 19.0 Å². The van der Waals surface area contributed by atoms with E-state index >= 15 is 0 Å². The number of ether oxygens (including phenoxy) is 1. The highest BCUT2D eigenvalue weighted by Crippen LogP contribution is 2.25.